The van der Waals surface area contributed by atoms with Crippen LogP contribution in [0.1, 0.15) is 60.3 Å². The van der Waals surface area contributed by atoms with E-state index in [1.54, 1.807) is 6.08 Å². The lowest BCUT2D eigenvalue weighted by atomic mass is 9.75. The summed E-state index contributed by atoms with van der Waals surface area (Å²) in [6.07, 6.45) is 6.60. The van der Waals surface area contributed by atoms with Gasteiger partial charge in [0, 0.05) is 18.4 Å². The van der Waals surface area contributed by atoms with Crippen LogP contribution in [0.3, 0.4) is 0 Å². The van der Waals surface area contributed by atoms with Crippen LogP contribution in [0.5, 0.6) is 0 Å². The highest BCUT2D eigenvalue weighted by atomic mass is 16.5. The SMILES string of the molecule is CC(C)[C@H]1CC[C@H](C)C[C@@H]1OC1=CC(=O)[C@@H](C(C)C)C1. The van der Waals surface area contributed by atoms with Crippen molar-refractivity contribution in [3.05, 3.63) is 11.8 Å². The van der Waals surface area contributed by atoms with Crippen LogP contribution >= 0.6 is 0 Å². The number of hydrogen-bond acceptors (Lipinski definition) is 2. The van der Waals surface area contributed by atoms with E-state index < -0.39 is 0 Å². The van der Waals surface area contributed by atoms with E-state index in [9.17, 15) is 4.79 Å². The summed E-state index contributed by atoms with van der Waals surface area (Å²) in [5.74, 6) is 3.80. The van der Waals surface area contributed by atoms with E-state index in [-0.39, 0.29) is 11.7 Å². The highest BCUT2D eigenvalue weighted by molar-refractivity contribution is 5.94. The molecular weight excluding hydrogens is 248 g/mol. The minimum atomic E-state index is 0.142. The maximum absolute atomic E-state index is 12.0. The zero-order valence-corrected chi connectivity index (χ0v) is 13.7. The molecule has 0 heterocycles. The molecule has 0 aromatic heterocycles. The summed E-state index contributed by atoms with van der Waals surface area (Å²) >= 11 is 0. The molecule has 114 valence electrons. The minimum absolute atomic E-state index is 0.142. The summed E-state index contributed by atoms with van der Waals surface area (Å²) in [5, 5.41) is 0. The normalized spacial score (nSPS) is 34.8. The van der Waals surface area contributed by atoms with Crippen LogP contribution in [0.2, 0.25) is 0 Å². The van der Waals surface area contributed by atoms with Gasteiger partial charge in [0.1, 0.15) is 11.9 Å². The second-order valence-electron chi connectivity index (χ2n) is 7.55. The van der Waals surface area contributed by atoms with Crippen LogP contribution in [-0.2, 0) is 9.53 Å². The Morgan fingerprint density at radius 3 is 2.40 bits per heavy atom. The van der Waals surface area contributed by atoms with Gasteiger partial charge in [-0.05, 0) is 36.5 Å². The van der Waals surface area contributed by atoms with Gasteiger partial charge >= 0.3 is 0 Å². The number of carbonyl (C=O) groups is 1. The van der Waals surface area contributed by atoms with E-state index in [2.05, 4.69) is 34.6 Å². The van der Waals surface area contributed by atoms with Crippen molar-refractivity contribution in [2.45, 2.75) is 66.4 Å². The molecule has 0 aliphatic heterocycles. The van der Waals surface area contributed by atoms with E-state index >= 15 is 0 Å². The van der Waals surface area contributed by atoms with Gasteiger partial charge in [-0.3, -0.25) is 4.79 Å². The van der Waals surface area contributed by atoms with Crippen molar-refractivity contribution in [3.8, 4) is 0 Å². The molecule has 0 aromatic rings. The largest absolute Gasteiger partial charge is 0.494 e. The van der Waals surface area contributed by atoms with Gasteiger partial charge in [0.2, 0.25) is 0 Å². The number of ketones is 1. The second-order valence-corrected chi connectivity index (χ2v) is 7.55. The van der Waals surface area contributed by atoms with Crippen LogP contribution in [0.25, 0.3) is 0 Å². The maximum atomic E-state index is 12.0. The Kier molecular flexibility index (Phi) is 4.93. The van der Waals surface area contributed by atoms with Gasteiger partial charge in [0.05, 0.1) is 0 Å². The van der Waals surface area contributed by atoms with Crippen LogP contribution < -0.4 is 0 Å². The third-order valence-corrected chi connectivity index (χ3v) is 5.16. The van der Waals surface area contributed by atoms with Crippen LogP contribution in [-0.4, -0.2) is 11.9 Å². The molecular formula is C18H30O2. The fourth-order valence-electron chi connectivity index (χ4n) is 3.73. The van der Waals surface area contributed by atoms with E-state index in [1.165, 1.54) is 12.8 Å². The standard InChI is InChI=1S/C18H30O2/c1-11(2)15-7-6-13(5)8-18(15)20-14-9-16(12(3)4)17(19)10-14/h10-13,15-16,18H,6-9H2,1-5H3/t13-,15+,16+,18-/m0/s1. The predicted octanol–water partition coefficient (Wildman–Crippen LogP) is 4.59. The molecule has 2 nitrogen and oxygen atoms in total. The highest BCUT2D eigenvalue weighted by Crippen LogP contribution is 2.38. The molecule has 2 rings (SSSR count). The number of allylic oxidation sites excluding steroid dienone is 2. The van der Waals surface area contributed by atoms with Crippen molar-refractivity contribution in [3.63, 3.8) is 0 Å². The Morgan fingerprint density at radius 1 is 1.15 bits per heavy atom. The third kappa shape index (κ3) is 3.45. The summed E-state index contributed by atoms with van der Waals surface area (Å²) in [4.78, 5) is 12.0. The van der Waals surface area contributed by atoms with Gasteiger partial charge in [-0.2, -0.15) is 0 Å². The molecule has 0 aromatic carbocycles. The zero-order chi connectivity index (χ0) is 14.9. The summed E-state index contributed by atoms with van der Waals surface area (Å²) in [6, 6.07) is 0. The number of carbonyl (C=O) groups excluding carboxylic acids is 1. The molecule has 0 radical (unpaired) electrons. The van der Waals surface area contributed by atoms with E-state index in [1.807, 2.05) is 0 Å². The van der Waals surface area contributed by atoms with E-state index in [4.69, 9.17) is 4.74 Å². The Bertz CT molecular complexity index is 381. The topological polar surface area (TPSA) is 26.3 Å². The monoisotopic (exact) mass is 278 g/mol. The molecule has 0 bridgehead atoms. The summed E-state index contributed by atoms with van der Waals surface area (Å²) < 4.78 is 6.29. The Balaban J connectivity index is 2.01. The van der Waals surface area contributed by atoms with Gasteiger partial charge in [-0.25, -0.2) is 0 Å². The van der Waals surface area contributed by atoms with Crippen LogP contribution in [0, 0.1) is 29.6 Å². The lowest BCUT2D eigenvalue weighted by Gasteiger charge is -2.37. The van der Waals surface area contributed by atoms with Crippen molar-refractivity contribution in [1.29, 1.82) is 0 Å². The molecule has 20 heavy (non-hydrogen) atoms. The van der Waals surface area contributed by atoms with E-state index in [0.717, 1.165) is 24.5 Å². The van der Waals surface area contributed by atoms with Crippen molar-refractivity contribution in [1.82, 2.24) is 0 Å². The zero-order valence-electron chi connectivity index (χ0n) is 13.7. The minimum Gasteiger partial charge on any atom is -0.494 e. The van der Waals surface area contributed by atoms with Crippen molar-refractivity contribution < 1.29 is 9.53 Å². The quantitative estimate of drug-likeness (QED) is 0.751. The van der Waals surface area contributed by atoms with Gasteiger partial charge in [0.15, 0.2) is 5.78 Å². The molecule has 2 aliphatic rings. The number of hydrogen-bond donors (Lipinski definition) is 0. The third-order valence-electron chi connectivity index (χ3n) is 5.16. The molecule has 1 fully saturated rings. The predicted molar refractivity (Wildman–Crippen MR) is 82.3 cm³/mol. The second kappa shape index (κ2) is 6.32. The first-order valence-electron chi connectivity index (χ1n) is 8.29. The molecule has 1 saturated carbocycles. The summed E-state index contributed by atoms with van der Waals surface area (Å²) in [5.41, 5.74) is 0. The Hall–Kier alpha value is -0.790. The smallest absolute Gasteiger partial charge is 0.162 e. The summed E-state index contributed by atoms with van der Waals surface area (Å²) in [6.45, 7) is 11.2. The molecule has 0 unspecified atom stereocenters. The first-order valence-corrected chi connectivity index (χ1v) is 8.29. The Morgan fingerprint density at radius 2 is 1.85 bits per heavy atom. The molecule has 2 heteroatoms. The first-order chi connectivity index (χ1) is 9.38. The van der Waals surface area contributed by atoms with Crippen molar-refractivity contribution >= 4 is 5.78 Å². The fourth-order valence-corrected chi connectivity index (χ4v) is 3.73. The maximum Gasteiger partial charge on any atom is 0.162 e. The molecule has 2 aliphatic carbocycles. The average Bonchev–Trinajstić information content (AvgIpc) is 2.70. The molecule has 0 saturated heterocycles. The van der Waals surface area contributed by atoms with Crippen molar-refractivity contribution in [2.75, 3.05) is 0 Å². The van der Waals surface area contributed by atoms with Gasteiger partial charge < -0.3 is 4.74 Å². The van der Waals surface area contributed by atoms with E-state index in [0.29, 0.717) is 23.9 Å². The van der Waals surface area contributed by atoms with Gasteiger partial charge in [-0.15, -0.1) is 0 Å². The number of rotatable bonds is 4. The van der Waals surface area contributed by atoms with Crippen molar-refractivity contribution in [2.24, 2.45) is 29.6 Å². The lowest BCUT2D eigenvalue weighted by molar-refractivity contribution is -0.118. The number of ether oxygens (including phenoxy) is 1. The highest BCUT2D eigenvalue weighted by Gasteiger charge is 2.35. The fraction of sp³-hybridized carbons (Fsp3) is 0.833. The molecule has 0 amide bonds. The van der Waals surface area contributed by atoms with Gasteiger partial charge in [0.25, 0.3) is 0 Å². The molecule has 4 atom stereocenters. The van der Waals surface area contributed by atoms with Gasteiger partial charge in [-0.1, -0.05) is 41.0 Å². The van der Waals surface area contributed by atoms with Crippen LogP contribution in [0.4, 0.5) is 0 Å². The molecule has 0 N–H and O–H groups in total. The Labute approximate surface area is 124 Å². The average molecular weight is 278 g/mol. The summed E-state index contributed by atoms with van der Waals surface area (Å²) in [7, 11) is 0. The van der Waals surface area contributed by atoms with Crippen LogP contribution in [0.15, 0.2) is 11.8 Å². The first kappa shape index (κ1) is 15.6. The lowest BCUT2D eigenvalue weighted by Crippen LogP contribution is -2.34. The molecule has 0 spiro atoms.